The molecule has 1 heterocycles. The summed E-state index contributed by atoms with van der Waals surface area (Å²) in [4.78, 5) is 0. The van der Waals surface area contributed by atoms with Crippen molar-refractivity contribution in [2.24, 2.45) is 7.05 Å². The topological polar surface area (TPSA) is 46.9 Å². The number of rotatable bonds is 3. The Labute approximate surface area is 116 Å². The van der Waals surface area contributed by atoms with E-state index in [0.29, 0.717) is 0 Å². The Kier molecular flexibility index (Phi) is 3.78. The summed E-state index contributed by atoms with van der Waals surface area (Å²) < 4.78 is 16.8. The highest BCUT2D eigenvalue weighted by molar-refractivity contribution is 7.84. The molecule has 0 saturated carbocycles. The molecule has 1 N–H and O–H groups in total. The van der Waals surface area contributed by atoms with E-state index in [1.165, 1.54) is 0 Å². The van der Waals surface area contributed by atoms with Crippen LogP contribution in [-0.4, -0.2) is 18.7 Å². The molecule has 0 bridgehead atoms. The Bertz CT molecular complexity index is 613. The molecule has 4 nitrogen and oxygen atoms in total. The molecule has 2 aromatic rings. The average molecular weight is 279 g/mol. The van der Waals surface area contributed by atoms with Crippen LogP contribution in [0, 0.1) is 0 Å². The van der Waals surface area contributed by atoms with Gasteiger partial charge in [-0.15, -0.1) is 0 Å². The van der Waals surface area contributed by atoms with Crippen molar-refractivity contribution in [3.8, 4) is 0 Å². The maximum absolute atomic E-state index is 12.1. The van der Waals surface area contributed by atoms with Gasteiger partial charge in [-0.3, -0.25) is 4.68 Å². The van der Waals surface area contributed by atoms with Crippen LogP contribution in [0.3, 0.4) is 0 Å². The molecule has 0 aliphatic carbocycles. The minimum Gasteiger partial charge on any atom is -0.268 e. The molecule has 19 heavy (non-hydrogen) atoms. The van der Waals surface area contributed by atoms with Crippen molar-refractivity contribution in [2.75, 3.05) is 0 Å². The third-order valence-electron chi connectivity index (χ3n) is 3.11. The van der Waals surface area contributed by atoms with Crippen LogP contribution < -0.4 is 4.72 Å². The van der Waals surface area contributed by atoms with E-state index in [0.717, 1.165) is 16.5 Å². The SMILES string of the molecule is C[C@H](N[S@@](=O)C(C)(C)C)c1ccc2c(cnn2C)c1. The Balaban J connectivity index is 2.22. The highest BCUT2D eigenvalue weighted by Gasteiger charge is 2.21. The zero-order chi connectivity index (χ0) is 14.2. The van der Waals surface area contributed by atoms with Crippen molar-refractivity contribution in [2.45, 2.75) is 38.5 Å². The van der Waals surface area contributed by atoms with Crippen LogP contribution in [0.4, 0.5) is 0 Å². The Morgan fingerprint density at radius 3 is 2.68 bits per heavy atom. The molecule has 0 unspecified atom stereocenters. The highest BCUT2D eigenvalue weighted by atomic mass is 32.2. The summed E-state index contributed by atoms with van der Waals surface area (Å²) >= 11 is 0. The minimum absolute atomic E-state index is 0.0460. The van der Waals surface area contributed by atoms with E-state index in [-0.39, 0.29) is 10.8 Å². The second kappa shape index (κ2) is 5.06. The number of aromatic nitrogens is 2. The van der Waals surface area contributed by atoms with Crippen LogP contribution in [0.15, 0.2) is 24.4 Å². The highest BCUT2D eigenvalue weighted by Crippen LogP contribution is 2.21. The Hall–Kier alpha value is -1.20. The first-order valence-electron chi connectivity index (χ1n) is 6.39. The lowest BCUT2D eigenvalue weighted by Crippen LogP contribution is -2.34. The second-order valence-electron chi connectivity index (χ2n) is 5.81. The molecule has 1 aromatic heterocycles. The van der Waals surface area contributed by atoms with Crippen LogP contribution in [0.5, 0.6) is 0 Å². The van der Waals surface area contributed by atoms with E-state index in [1.807, 2.05) is 45.6 Å². The molecule has 0 spiro atoms. The fraction of sp³-hybridized carbons (Fsp3) is 0.500. The molecule has 0 fully saturated rings. The number of hydrogen-bond acceptors (Lipinski definition) is 2. The van der Waals surface area contributed by atoms with Crippen molar-refractivity contribution in [1.82, 2.24) is 14.5 Å². The standard InChI is InChI=1S/C14H21N3OS/c1-10(16-19(18)14(2,3)4)11-6-7-13-12(8-11)9-15-17(13)5/h6-10,16H,1-5H3/t10-,19-/m0/s1. The lowest BCUT2D eigenvalue weighted by molar-refractivity contribution is 0.616. The third-order valence-corrected chi connectivity index (χ3v) is 4.79. The fourth-order valence-corrected chi connectivity index (χ4v) is 2.67. The number of benzene rings is 1. The first-order valence-corrected chi connectivity index (χ1v) is 7.54. The van der Waals surface area contributed by atoms with E-state index in [2.05, 4.69) is 28.0 Å². The summed E-state index contributed by atoms with van der Waals surface area (Å²) in [5, 5.41) is 5.34. The average Bonchev–Trinajstić information content (AvgIpc) is 2.69. The zero-order valence-electron chi connectivity index (χ0n) is 12.1. The van der Waals surface area contributed by atoms with Gasteiger partial charge in [0.05, 0.1) is 27.4 Å². The molecule has 104 valence electrons. The number of nitrogens with one attached hydrogen (secondary N) is 1. The predicted molar refractivity (Wildman–Crippen MR) is 80.2 cm³/mol. The lowest BCUT2D eigenvalue weighted by atomic mass is 10.1. The smallest absolute Gasteiger partial charge is 0.0975 e. The van der Waals surface area contributed by atoms with Crippen LogP contribution in [0.25, 0.3) is 10.9 Å². The molecular formula is C14H21N3OS. The maximum atomic E-state index is 12.1. The normalized spacial score (nSPS) is 15.6. The summed E-state index contributed by atoms with van der Waals surface area (Å²) in [5.74, 6) is 0. The van der Waals surface area contributed by atoms with Crippen LogP contribution in [0.1, 0.15) is 39.3 Å². The third kappa shape index (κ3) is 3.04. The van der Waals surface area contributed by atoms with Gasteiger partial charge in [0.25, 0.3) is 0 Å². The summed E-state index contributed by atoms with van der Waals surface area (Å²) in [6.45, 7) is 7.93. The van der Waals surface area contributed by atoms with E-state index < -0.39 is 11.0 Å². The predicted octanol–water partition coefficient (Wildman–Crippen LogP) is 2.69. The van der Waals surface area contributed by atoms with Crippen molar-refractivity contribution in [3.05, 3.63) is 30.0 Å². The van der Waals surface area contributed by atoms with Crippen molar-refractivity contribution in [1.29, 1.82) is 0 Å². The first kappa shape index (κ1) is 14.2. The largest absolute Gasteiger partial charge is 0.268 e. The van der Waals surface area contributed by atoms with E-state index in [4.69, 9.17) is 0 Å². The molecule has 0 amide bonds. The van der Waals surface area contributed by atoms with Gasteiger partial charge in [0.2, 0.25) is 0 Å². The molecule has 0 saturated heterocycles. The molecular weight excluding hydrogens is 258 g/mol. The molecule has 5 heteroatoms. The van der Waals surface area contributed by atoms with Gasteiger partial charge in [0, 0.05) is 18.5 Å². The van der Waals surface area contributed by atoms with Gasteiger partial charge in [0.15, 0.2) is 0 Å². The Morgan fingerprint density at radius 2 is 2.05 bits per heavy atom. The number of hydrogen-bond donors (Lipinski definition) is 1. The summed E-state index contributed by atoms with van der Waals surface area (Å²) in [6.07, 6.45) is 1.85. The molecule has 2 atom stereocenters. The van der Waals surface area contributed by atoms with Crippen molar-refractivity contribution >= 4 is 21.9 Å². The van der Waals surface area contributed by atoms with Crippen LogP contribution in [-0.2, 0) is 18.0 Å². The summed E-state index contributed by atoms with van der Waals surface area (Å²) in [6, 6.07) is 6.25. The Morgan fingerprint density at radius 1 is 1.37 bits per heavy atom. The van der Waals surface area contributed by atoms with E-state index in [9.17, 15) is 4.21 Å². The fourth-order valence-electron chi connectivity index (χ4n) is 1.86. The first-order chi connectivity index (χ1) is 8.79. The zero-order valence-corrected chi connectivity index (χ0v) is 12.9. The lowest BCUT2D eigenvalue weighted by Gasteiger charge is -2.22. The van der Waals surface area contributed by atoms with E-state index in [1.54, 1.807) is 0 Å². The summed E-state index contributed by atoms with van der Waals surface area (Å²) in [7, 11) is 0.862. The quantitative estimate of drug-likeness (QED) is 0.939. The molecule has 2 rings (SSSR count). The maximum Gasteiger partial charge on any atom is 0.0975 e. The molecule has 0 aliphatic rings. The minimum atomic E-state index is -1.07. The molecule has 0 aliphatic heterocycles. The van der Waals surface area contributed by atoms with Crippen LogP contribution >= 0.6 is 0 Å². The monoisotopic (exact) mass is 279 g/mol. The number of nitrogens with zero attached hydrogens (tertiary/aromatic N) is 2. The van der Waals surface area contributed by atoms with Crippen LogP contribution in [0.2, 0.25) is 0 Å². The van der Waals surface area contributed by atoms with Gasteiger partial charge in [-0.2, -0.15) is 5.10 Å². The molecule has 0 radical (unpaired) electrons. The van der Waals surface area contributed by atoms with Gasteiger partial charge in [-0.25, -0.2) is 8.93 Å². The second-order valence-corrected chi connectivity index (χ2v) is 7.80. The summed E-state index contributed by atoms with van der Waals surface area (Å²) in [5.41, 5.74) is 2.23. The van der Waals surface area contributed by atoms with Crippen molar-refractivity contribution in [3.63, 3.8) is 0 Å². The number of fused-ring (bicyclic) bond motifs is 1. The van der Waals surface area contributed by atoms with Gasteiger partial charge in [0.1, 0.15) is 0 Å². The van der Waals surface area contributed by atoms with E-state index >= 15 is 0 Å². The van der Waals surface area contributed by atoms with Gasteiger partial charge < -0.3 is 0 Å². The van der Waals surface area contributed by atoms with Gasteiger partial charge in [-0.05, 0) is 45.4 Å². The van der Waals surface area contributed by atoms with Gasteiger partial charge in [-0.1, -0.05) is 6.07 Å². The van der Waals surface area contributed by atoms with Crippen molar-refractivity contribution < 1.29 is 4.21 Å². The van der Waals surface area contributed by atoms with Gasteiger partial charge >= 0.3 is 0 Å². The molecule has 1 aromatic carbocycles. The number of aryl methyl sites for hydroxylation is 1.